The van der Waals surface area contributed by atoms with Crippen LogP contribution >= 0.6 is 0 Å². The van der Waals surface area contributed by atoms with E-state index in [1.165, 1.54) is 0 Å². The highest BCUT2D eigenvalue weighted by molar-refractivity contribution is 5.90. The maximum atomic E-state index is 11.9. The first-order chi connectivity index (χ1) is 9.31. The zero-order valence-electron chi connectivity index (χ0n) is 13.5. The Labute approximate surface area is 121 Å². The fraction of sp³-hybridized carbons (Fsp3) is 0.733. The minimum atomic E-state index is -0.0344. The summed E-state index contributed by atoms with van der Waals surface area (Å²) in [5.41, 5.74) is 1.94. The summed E-state index contributed by atoms with van der Waals surface area (Å²) < 4.78 is 7.34. The molecular weight excluding hydrogens is 254 g/mol. The van der Waals surface area contributed by atoms with Crippen LogP contribution in [0.5, 0.6) is 0 Å². The average molecular weight is 281 g/mol. The average Bonchev–Trinajstić information content (AvgIpc) is 2.55. The maximum Gasteiger partial charge on any atom is 0.227 e. The van der Waals surface area contributed by atoms with E-state index in [-0.39, 0.29) is 12.0 Å². The van der Waals surface area contributed by atoms with E-state index in [2.05, 4.69) is 24.3 Å². The SMILES string of the molecule is Cc1nn(C)c(NC(=O)CCOC(C)CC(C)C)c1C. The third-order valence-corrected chi connectivity index (χ3v) is 3.31. The summed E-state index contributed by atoms with van der Waals surface area (Å²) in [6.07, 6.45) is 1.58. The van der Waals surface area contributed by atoms with E-state index in [9.17, 15) is 4.79 Å². The van der Waals surface area contributed by atoms with Crippen molar-refractivity contribution in [2.75, 3.05) is 11.9 Å². The van der Waals surface area contributed by atoms with Gasteiger partial charge in [-0.05, 0) is 33.1 Å². The summed E-state index contributed by atoms with van der Waals surface area (Å²) >= 11 is 0. The molecule has 0 saturated heterocycles. The molecule has 0 aliphatic heterocycles. The summed E-state index contributed by atoms with van der Waals surface area (Å²) in [6, 6.07) is 0. The van der Waals surface area contributed by atoms with Crippen LogP contribution in [0, 0.1) is 19.8 Å². The Morgan fingerprint density at radius 2 is 2.00 bits per heavy atom. The molecule has 0 radical (unpaired) electrons. The van der Waals surface area contributed by atoms with Crippen LogP contribution < -0.4 is 5.32 Å². The molecule has 0 bridgehead atoms. The number of rotatable bonds is 7. The van der Waals surface area contributed by atoms with Gasteiger partial charge in [-0.3, -0.25) is 9.48 Å². The van der Waals surface area contributed by atoms with Gasteiger partial charge in [0.1, 0.15) is 5.82 Å². The molecule has 1 N–H and O–H groups in total. The first-order valence-corrected chi connectivity index (χ1v) is 7.23. The lowest BCUT2D eigenvalue weighted by molar-refractivity contribution is -0.117. The van der Waals surface area contributed by atoms with Crippen molar-refractivity contribution in [2.24, 2.45) is 13.0 Å². The van der Waals surface area contributed by atoms with Gasteiger partial charge in [-0.2, -0.15) is 5.10 Å². The molecule has 1 aromatic heterocycles. The topological polar surface area (TPSA) is 56.2 Å². The second-order valence-corrected chi connectivity index (χ2v) is 5.79. The smallest absolute Gasteiger partial charge is 0.227 e. The van der Waals surface area contributed by atoms with E-state index in [1.807, 2.05) is 27.8 Å². The van der Waals surface area contributed by atoms with Gasteiger partial charge in [-0.1, -0.05) is 13.8 Å². The third-order valence-electron chi connectivity index (χ3n) is 3.31. The second-order valence-electron chi connectivity index (χ2n) is 5.79. The predicted octanol–water partition coefficient (Wildman–Crippen LogP) is 2.82. The second kappa shape index (κ2) is 7.43. The molecule has 5 heteroatoms. The standard InChI is InChI=1S/C15H27N3O2/c1-10(2)9-11(3)20-8-7-14(19)16-15-12(4)13(5)17-18(15)6/h10-11H,7-9H2,1-6H3,(H,16,19). The summed E-state index contributed by atoms with van der Waals surface area (Å²) in [6.45, 7) is 10.7. The molecule has 0 spiro atoms. The Morgan fingerprint density at radius 1 is 1.35 bits per heavy atom. The number of amides is 1. The van der Waals surface area contributed by atoms with Crippen molar-refractivity contribution in [1.29, 1.82) is 0 Å². The minimum absolute atomic E-state index is 0.0344. The number of aryl methyl sites for hydroxylation is 2. The lowest BCUT2D eigenvalue weighted by Gasteiger charge is -2.15. The quantitative estimate of drug-likeness (QED) is 0.836. The van der Waals surface area contributed by atoms with Crippen molar-refractivity contribution in [3.05, 3.63) is 11.3 Å². The summed E-state index contributed by atoms with van der Waals surface area (Å²) in [5.74, 6) is 1.34. The monoisotopic (exact) mass is 281 g/mol. The predicted molar refractivity (Wildman–Crippen MR) is 80.8 cm³/mol. The fourth-order valence-corrected chi connectivity index (χ4v) is 2.22. The molecule has 1 atom stereocenters. The zero-order chi connectivity index (χ0) is 15.3. The van der Waals surface area contributed by atoms with Crippen LogP contribution in [0.25, 0.3) is 0 Å². The van der Waals surface area contributed by atoms with Crippen LogP contribution in [0.1, 0.15) is 44.9 Å². The number of nitrogens with one attached hydrogen (secondary N) is 1. The first-order valence-electron chi connectivity index (χ1n) is 7.23. The van der Waals surface area contributed by atoms with E-state index in [1.54, 1.807) is 4.68 Å². The number of carbonyl (C=O) groups is 1. The molecule has 114 valence electrons. The van der Waals surface area contributed by atoms with Gasteiger partial charge < -0.3 is 10.1 Å². The van der Waals surface area contributed by atoms with Crippen LogP contribution in [-0.4, -0.2) is 28.4 Å². The highest BCUT2D eigenvalue weighted by Gasteiger charge is 2.12. The Kier molecular flexibility index (Phi) is 6.20. The molecule has 0 aliphatic carbocycles. The molecule has 0 aliphatic rings. The Bertz CT molecular complexity index is 452. The number of hydrogen-bond acceptors (Lipinski definition) is 3. The van der Waals surface area contributed by atoms with Crippen molar-refractivity contribution >= 4 is 11.7 Å². The summed E-state index contributed by atoms with van der Waals surface area (Å²) in [7, 11) is 1.83. The van der Waals surface area contributed by atoms with Gasteiger partial charge in [0.05, 0.1) is 24.8 Å². The molecule has 1 amide bonds. The zero-order valence-corrected chi connectivity index (χ0v) is 13.5. The molecule has 0 saturated carbocycles. The van der Waals surface area contributed by atoms with Gasteiger partial charge in [0.2, 0.25) is 5.91 Å². The van der Waals surface area contributed by atoms with Crippen LogP contribution in [-0.2, 0) is 16.6 Å². The molecule has 0 aromatic carbocycles. The number of ether oxygens (including phenoxy) is 1. The number of nitrogens with zero attached hydrogens (tertiary/aromatic N) is 2. The van der Waals surface area contributed by atoms with Crippen molar-refractivity contribution in [1.82, 2.24) is 9.78 Å². The maximum absolute atomic E-state index is 11.9. The molecule has 1 rings (SSSR count). The Balaban J connectivity index is 2.37. The largest absolute Gasteiger partial charge is 0.378 e. The van der Waals surface area contributed by atoms with E-state index in [4.69, 9.17) is 4.74 Å². The lowest BCUT2D eigenvalue weighted by Crippen LogP contribution is -2.19. The van der Waals surface area contributed by atoms with Gasteiger partial charge in [0, 0.05) is 12.6 Å². The van der Waals surface area contributed by atoms with Gasteiger partial charge in [-0.15, -0.1) is 0 Å². The van der Waals surface area contributed by atoms with Crippen molar-refractivity contribution in [3.63, 3.8) is 0 Å². The van der Waals surface area contributed by atoms with Gasteiger partial charge >= 0.3 is 0 Å². The molecule has 1 aromatic rings. The number of carbonyl (C=O) groups excluding carboxylic acids is 1. The van der Waals surface area contributed by atoms with Gasteiger partial charge in [-0.25, -0.2) is 0 Å². The highest BCUT2D eigenvalue weighted by Crippen LogP contribution is 2.17. The van der Waals surface area contributed by atoms with Crippen LogP contribution in [0.4, 0.5) is 5.82 Å². The van der Waals surface area contributed by atoms with Crippen LogP contribution in [0.2, 0.25) is 0 Å². The normalized spacial score (nSPS) is 12.8. The lowest BCUT2D eigenvalue weighted by atomic mass is 10.1. The van der Waals surface area contributed by atoms with Crippen molar-refractivity contribution in [2.45, 2.75) is 53.6 Å². The van der Waals surface area contributed by atoms with Crippen molar-refractivity contribution in [3.8, 4) is 0 Å². The minimum Gasteiger partial charge on any atom is -0.378 e. The fourth-order valence-electron chi connectivity index (χ4n) is 2.22. The number of anilines is 1. The van der Waals surface area contributed by atoms with E-state index in [0.717, 1.165) is 23.5 Å². The summed E-state index contributed by atoms with van der Waals surface area (Å²) in [5, 5.41) is 7.17. The molecule has 1 heterocycles. The molecule has 1 unspecified atom stereocenters. The summed E-state index contributed by atoms with van der Waals surface area (Å²) in [4.78, 5) is 11.9. The Morgan fingerprint density at radius 3 is 2.50 bits per heavy atom. The molecule has 20 heavy (non-hydrogen) atoms. The number of aromatic nitrogens is 2. The van der Waals surface area contributed by atoms with E-state index < -0.39 is 0 Å². The number of hydrogen-bond donors (Lipinski definition) is 1. The highest BCUT2D eigenvalue weighted by atomic mass is 16.5. The Hall–Kier alpha value is -1.36. The van der Waals surface area contributed by atoms with Crippen molar-refractivity contribution < 1.29 is 9.53 Å². The first kappa shape index (κ1) is 16.7. The molecule has 0 fully saturated rings. The molecule has 5 nitrogen and oxygen atoms in total. The van der Waals surface area contributed by atoms with E-state index in [0.29, 0.717) is 18.9 Å². The van der Waals surface area contributed by atoms with Crippen LogP contribution in [0.15, 0.2) is 0 Å². The van der Waals surface area contributed by atoms with Gasteiger partial charge in [0.25, 0.3) is 0 Å². The molecular formula is C15H27N3O2. The van der Waals surface area contributed by atoms with Crippen LogP contribution in [0.3, 0.4) is 0 Å². The third kappa shape index (κ3) is 4.96. The van der Waals surface area contributed by atoms with Gasteiger partial charge in [0.15, 0.2) is 0 Å². The van der Waals surface area contributed by atoms with E-state index >= 15 is 0 Å².